The van der Waals surface area contributed by atoms with E-state index in [1.807, 2.05) is 19.2 Å². The number of carbonyl (C=O) groups excluding carboxylic acids is 1. The molecule has 1 aromatic heterocycles. The number of carboxylic acids is 1. The molecule has 4 nitrogen and oxygen atoms in total. The summed E-state index contributed by atoms with van der Waals surface area (Å²) in [5.41, 5.74) is 2.95. The summed E-state index contributed by atoms with van der Waals surface area (Å²) in [6, 6.07) is 3.67. The van der Waals surface area contributed by atoms with Crippen molar-refractivity contribution < 1.29 is 14.3 Å². The average Bonchev–Trinajstić information content (AvgIpc) is 2.64. The zero-order valence-electron chi connectivity index (χ0n) is 11.9. The first kappa shape index (κ1) is 14.2. The van der Waals surface area contributed by atoms with Crippen molar-refractivity contribution in [2.45, 2.75) is 19.9 Å². The molecule has 2 aromatic rings. The van der Waals surface area contributed by atoms with Crippen LogP contribution in [-0.2, 0) is 17.8 Å². The molecule has 1 aliphatic rings. The van der Waals surface area contributed by atoms with Gasteiger partial charge in [0.15, 0.2) is 0 Å². The molecule has 0 saturated heterocycles. The summed E-state index contributed by atoms with van der Waals surface area (Å²) in [4.78, 5) is 13.1. The minimum absolute atomic E-state index is 0.143. The number of hydrogen-bond acceptors (Lipinski definition) is 4. The molecule has 1 aliphatic heterocycles. The Kier molecular flexibility index (Phi) is 3.51. The third-order valence-corrected chi connectivity index (χ3v) is 4.23. The Bertz CT molecular complexity index is 760. The van der Waals surface area contributed by atoms with E-state index in [9.17, 15) is 9.90 Å². The number of nitrogens with zero attached hydrogens (tertiary/aromatic N) is 1. The molecule has 0 amide bonds. The van der Waals surface area contributed by atoms with Crippen LogP contribution in [0.1, 0.15) is 23.8 Å². The largest absolute Gasteiger partial charge is 0.545 e. The summed E-state index contributed by atoms with van der Waals surface area (Å²) in [7, 11) is 2.03. The molecule has 2 heterocycles. The van der Waals surface area contributed by atoms with Crippen LogP contribution in [0, 0.1) is 0 Å². The van der Waals surface area contributed by atoms with E-state index in [1.165, 1.54) is 13.0 Å². The van der Waals surface area contributed by atoms with Crippen molar-refractivity contribution in [3.05, 3.63) is 39.6 Å². The number of benzene rings is 1. The zero-order valence-corrected chi connectivity index (χ0v) is 12.7. The molecule has 0 radical (unpaired) electrons. The average molecular weight is 305 g/mol. The van der Waals surface area contributed by atoms with Gasteiger partial charge < -0.3 is 19.2 Å². The summed E-state index contributed by atoms with van der Waals surface area (Å²) in [5.74, 6) is -0.619. The lowest BCUT2D eigenvalue weighted by atomic mass is 10.0. The van der Waals surface area contributed by atoms with Crippen LogP contribution < -0.4 is 5.11 Å². The van der Waals surface area contributed by atoms with Crippen LogP contribution in [0.2, 0.25) is 5.02 Å². The van der Waals surface area contributed by atoms with E-state index in [0.29, 0.717) is 12.3 Å². The highest BCUT2D eigenvalue weighted by atomic mass is 35.5. The lowest BCUT2D eigenvalue weighted by Crippen LogP contribution is -2.23. The SMILES string of the molecule is C/C(=C\c1oc2ccc(Cl)c3c2c1CN(C)CC3)C(=O)[O-]. The summed E-state index contributed by atoms with van der Waals surface area (Å²) >= 11 is 6.32. The van der Waals surface area contributed by atoms with Crippen molar-refractivity contribution in [2.24, 2.45) is 0 Å². The van der Waals surface area contributed by atoms with E-state index in [2.05, 4.69) is 4.90 Å². The quantitative estimate of drug-likeness (QED) is 0.798. The molecular formula is C16H15ClNO3-. The maximum Gasteiger partial charge on any atom is 0.135 e. The second-order valence-corrected chi connectivity index (χ2v) is 5.85. The third kappa shape index (κ3) is 2.45. The van der Waals surface area contributed by atoms with Crippen LogP contribution in [0.25, 0.3) is 17.0 Å². The minimum Gasteiger partial charge on any atom is -0.545 e. The molecule has 0 fully saturated rings. The Labute approximate surface area is 127 Å². The third-order valence-electron chi connectivity index (χ3n) is 3.88. The van der Waals surface area contributed by atoms with E-state index in [-0.39, 0.29) is 5.57 Å². The maximum atomic E-state index is 10.9. The number of carboxylic acid groups (broad SMARTS) is 1. The Morgan fingerprint density at radius 1 is 1.43 bits per heavy atom. The molecular weight excluding hydrogens is 290 g/mol. The fraction of sp³-hybridized carbons (Fsp3) is 0.312. The summed E-state index contributed by atoms with van der Waals surface area (Å²) in [5, 5.41) is 12.7. The Morgan fingerprint density at radius 3 is 2.90 bits per heavy atom. The molecule has 0 unspecified atom stereocenters. The van der Waals surface area contributed by atoms with Gasteiger partial charge in [0.05, 0.1) is 5.97 Å². The van der Waals surface area contributed by atoms with Crippen molar-refractivity contribution in [3.8, 4) is 0 Å². The molecule has 0 spiro atoms. The summed E-state index contributed by atoms with van der Waals surface area (Å²) in [6.45, 7) is 3.10. The highest BCUT2D eigenvalue weighted by molar-refractivity contribution is 6.32. The Morgan fingerprint density at radius 2 is 2.19 bits per heavy atom. The van der Waals surface area contributed by atoms with Crippen LogP contribution >= 0.6 is 11.6 Å². The number of halogens is 1. The van der Waals surface area contributed by atoms with Gasteiger partial charge in [-0.1, -0.05) is 11.6 Å². The smallest absolute Gasteiger partial charge is 0.135 e. The lowest BCUT2D eigenvalue weighted by Gasteiger charge is -2.13. The number of furan rings is 1. The molecule has 0 atom stereocenters. The summed E-state index contributed by atoms with van der Waals surface area (Å²) < 4.78 is 5.84. The van der Waals surface area contributed by atoms with Gasteiger partial charge in [-0.25, -0.2) is 0 Å². The van der Waals surface area contributed by atoms with Gasteiger partial charge in [0.25, 0.3) is 0 Å². The van der Waals surface area contributed by atoms with E-state index in [1.54, 1.807) is 0 Å². The second kappa shape index (κ2) is 5.20. The highest BCUT2D eigenvalue weighted by Crippen LogP contribution is 2.36. The first-order valence-corrected chi connectivity index (χ1v) is 7.16. The first-order valence-electron chi connectivity index (χ1n) is 6.78. The molecule has 21 heavy (non-hydrogen) atoms. The van der Waals surface area contributed by atoms with E-state index in [0.717, 1.165) is 40.1 Å². The fourth-order valence-electron chi connectivity index (χ4n) is 2.75. The standard InChI is InChI=1S/C16H16ClNO3/c1-9(16(19)20)7-14-11-8-18(2)6-5-10-12(17)3-4-13(21-14)15(10)11/h3-4,7H,5-6,8H2,1-2H3,(H,19,20)/p-1/b9-7+. The van der Waals surface area contributed by atoms with Gasteiger partial charge in [-0.05, 0) is 49.7 Å². The van der Waals surface area contributed by atoms with Gasteiger partial charge in [0, 0.05) is 29.1 Å². The number of hydrogen-bond donors (Lipinski definition) is 0. The van der Waals surface area contributed by atoms with Crippen molar-refractivity contribution in [1.82, 2.24) is 4.90 Å². The van der Waals surface area contributed by atoms with Gasteiger partial charge in [-0.2, -0.15) is 0 Å². The molecule has 110 valence electrons. The van der Waals surface area contributed by atoms with Crippen LogP contribution in [0.15, 0.2) is 22.1 Å². The number of rotatable bonds is 2. The van der Waals surface area contributed by atoms with Gasteiger partial charge in [0.1, 0.15) is 11.3 Å². The number of carbonyl (C=O) groups is 1. The minimum atomic E-state index is -1.19. The zero-order chi connectivity index (χ0) is 15.1. The van der Waals surface area contributed by atoms with Gasteiger partial charge in [-0.15, -0.1) is 0 Å². The number of aliphatic carboxylic acids is 1. The van der Waals surface area contributed by atoms with E-state index in [4.69, 9.17) is 16.0 Å². The van der Waals surface area contributed by atoms with E-state index >= 15 is 0 Å². The highest BCUT2D eigenvalue weighted by Gasteiger charge is 2.22. The van der Waals surface area contributed by atoms with Crippen LogP contribution in [-0.4, -0.2) is 24.5 Å². The van der Waals surface area contributed by atoms with Crippen LogP contribution in [0.5, 0.6) is 0 Å². The Hall–Kier alpha value is -1.78. The summed E-state index contributed by atoms with van der Waals surface area (Å²) in [6.07, 6.45) is 2.38. The monoisotopic (exact) mass is 304 g/mol. The van der Waals surface area contributed by atoms with Crippen LogP contribution in [0.4, 0.5) is 0 Å². The number of likely N-dealkylation sites (N-methyl/N-ethyl adjacent to an activating group) is 1. The predicted molar refractivity (Wildman–Crippen MR) is 79.9 cm³/mol. The second-order valence-electron chi connectivity index (χ2n) is 5.45. The van der Waals surface area contributed by atoms with Crippen molar-refractivity contribution in [1.29, 1.82) is 0 Å². The van der Waals surface area contributed by atoms with E-state index < -0.39 is 5.97 Å². The molecule has 0 N–H and O–H groups in total. The van der Waals surface area contributed by atoms with Gasteiger partial charge in [-0.3, -0.25) is 0 Å². The molecule has 0 bridgehead atoms. The fourth-order valence-corrected chi connectivity index (χ4v) is 3.00. The molecule has 5 heteroatoms. The normalized spacial score (nSPS) is 16.2. The first-order chi connectivity index (χ1) is 9.97. The maximum absolute atomic E-state index is 10.9. The van der Waals surface area contributed by atoms with Gasteiger partial charge in [0.2, 0.25) is 0 Å². The van der Waals surface area contributed by atoms with Crippen molar-refractivity contribution in [2.75, 3.05) is 13.6 Å². The van der Waals surface area contributed by atoms with Crippen LogP contribution in [0.3, 0.4) is 0 Å². The topological polar surface area (TPSA) is 56.5 Å². The molecule has 1 aromatic carbocycles. The Balaban J connectivity index is 2.28. The molecule has 0 saturated carbocycles. The van der Waals surface area contributed by atoms with Crippen molar-refractivity contribution in [3.63, 3.8) is 0 Å². The molecule has 3 rings (SSSR count). The van der Waals surface area contributed by atoms with Gasteiger partial charge >= 0.3 is 0 Å². The predicted octanol–water partition coefficient (Wildman–Crippen LogP) is 2.23. The molecule has 0 aliphatic carbocycles. The lowest BCUT2D eigenvalue weighted by molar-refractivity contribution is -0.299. The van der Waals surface area contributed by atoms with Crippen molar-refractivity contribution >= 4 is 34.6 Å².